The number of benzene rings is 2. The Labute approximate surface area is 196 Å². The number of nitrogens with zero attached hydrogens (tertiary/aromatic N) is 3. The summed E-state index contributed by atoms with van der Waals surface area (Å²) in [6.45, 7) is 3.26. The normalized spacial score (nSPS) is 15.3. The molecule has 0 unspecified atom stereocenters. The molecule has 186 valence electrons. The predicted octanol–water partition coefficient (Wildman–Crippen LogP) is 4.99. The van der Waals surface area contributed by atoms with Gasteiger partial charge in [0.2, 0.25) is 0 Å². The average Bonchev–Trinajstić information content (AvgIpc) is 3.26. The van der Waals surface area contributed by atoms with Crippen LogP contribution in [0.1, 0.15) is 27.2 Å². The lowest BCUT2D eigenvalue weighted by Gasteiger charge is -2.26. The third-order valence-electron chi connectivity index (χ3n) is 5.40. The van der Waals surface area contributed by atoms with Gasteiger partial charge in [0.05, 0.1) is 36.2 Å². The fourth-order valence-corrected chi connectivity index (χ4v) is 3.76. The standard InChI is InChI=1S/C23H20F6N4O2/c24-22(25,26)16-4-2-6-18(12-16)33-20(23(27,28)29)19(13-30-33)21(34)31-17-5-1-3-15(11-17)14-32-7-9-35-10-8-32/h1-6,11-13H,7-10,14H2,(H,31,34). The number of halogens is 6. The average molecular weight is 498 g/mol. The zero-order valence-corrected chi connectivity index (χ0v) is 18.2. The van der Waals surface area contributed by atoms with Crippen LogP contribution in [0.15, 0.2) is 54.7 Å². The van der Waals surface area contributed by atoms with Crippen LogP contribution in [0, 0.1) is 0 Å². The quantitative estimate of drug-likeness (QED) is 0.504. The number of carbonyl (C=O) groups is 1. The molecule has 1 aromatic heterocycles. The van der Waals surface area contributed by atoms with Gasteiger partial charge in [-0.05, 0) is 35.9 Å². The summed E-state index contributed by atoms with van der Waals surface area (Å²) in [6, 6.07) is 9.98. The second-order valence-electron chi connectivity index (χ2n) is 7.91. The first kappa shape index (κ1) is 24.7. The molecule has 2 aromatic carbocycles. The van der Waals surface area contributed by atoms with Gasteiger partial charge in [-0.3, -0.25) is 9.69 Å². The summed E-state index contributed by atoms with van der Waals surface area (Å²) in [7, 11) is 0. The van der Waals surface area contributed by atoms with Crippen LogP contribution in [0.2, 0.25) is 0 Å². The molecule has 1 aliphatic heterocycles. The van der Waals surface area contributed by atoms with Crippen molar-refractivity contribution in [1.82, 2.24) is 14.7 Å². The number of alkyl halides is 6. The Morgan fingerprint density at radius 3 is 2.37 bits per heavy atom. The number of aromatic nitrogens is 2. The zero-order chi connectivity index (χ0) is 25.2. The van der Waals surface area contributed by atoms with Gasteiger partial charge in [0, 0.05) is 25.3 Å². The molecule has 0 aliphatic carbocycles. The third-order valence-corrected chi connectivity index (χ3v) is 5.40. The van der Waals surface area contributed by atoms with Gasteiger partial charge in [-0.2, -0.15) is 31.4 Å². The minimum atomic E-state index is -5.06. The van der Waals surface area contributed by atoms with Crippen molar-refractivity contribution in [2.45, 2.75) is 18.9 Å². The highest BCUT2D eigenvalue weighted by Gasteiger charge is 2.41. The Kier molecular flexibility index (Phi) is 6.86. The third kappa shape index (κ3) is 5.82. The van der Waals surface area contributed by atoms with Gasteiger partial charge in [-0.25, -0.2) is 4.68 Å². The maximum Gasteiger partial charge on any atom is 0.434 e. The Morgan fingerprint density at radius 2 is 1.69 bits per heavy atom. The van der Waals surface area contributed by atoms with Crippen molar-refractivity contribution in [3.8, 4) is 5.69 Å². The summed E-state index contributed by atoms with van der Waals surface area (Å²) in [4.78, 5) is 14.9. The fraction of sp³-hybridized carbons (Fsp3) is 0.304. The second kappa shape index (κ2) is 9.70. The van der Waals surface area contributed by atoms with Crippen molar-refractivity contribution in [3.05, 3.63) is 77.1 Å². The number of amides is 1. The molecule has 2 heterocycles. The molecule has 1 N–H and O–H groups in total. The highest BCUT2D eigenvalue weighted by atomic mass is 19.4. The van der Waals surface area contributed by atoms with Crippen molar-refractivity contribution in [1.29, 1.82) is 0 Å². The molecular weight excluding hydrogens is 478 g/mol. The lowest BCUT2D eigenvalue weighted by Crippen LogP contribution is -2.35. The van der Waals surface area contributed by atoms with Crippen molar-refractivity contribution in [3.63, 3.8) is 0 Å². The molecule has 0 bridgehead atoms. The summed E-state index contributed by atoms with van der Waals surface area (Å²) >= 11 is 0. The number of anilines is 1. The zero-order valence-electron chi connectivity index (χ0n) is 18.2. The van der Waals surface area contributed by atoms with Crippen LogP contribution >= 0.6 is 0 Å². The molecule has 1 amide bonds. The Morgan fingerprint density at radius 1 is 0.971 bits per heavy atom. The van der Waals surface area contributed by atoms with Gasteiger partial charge in [-0.15, -0.1) is 0 Å². The molecule has 0 spiro atoms. The van der Waals surface area contributed by atoms with E-state index in [1.807, 2.05) is 6.07 Å². The topological polar surface area (TPSA) is 59.4 Å². The molecular formula is C23H20F6N4O2. The number of hydrogen-bond acceptors (Lipinski definition) is 4. The summed E-state index contributed by atoms with van der Waals surface area (Å²) in [5, 5.41) is 6.02. The van der Waals surface area contributed by atoms with E-state index in [0.29, 0.717) is 36.7 Å². The van der Waals surface area contributed by atoms with Gasteiger partial charge >= 0.3 is 12.4 Å². The highest BCUT2D eigenvalue weighted by molar-refractivity contribution is 6.05. The van der Waals surface area contributed by atoms with Crippen molar-refractivity contribution < 1.29 is 35.9 Å². The maximum atomic E-state index is 13.9. The van der Waals surface area contributed by atoms with Crippen molar-refractivity contribution in [2.24, 2.45) is 0 Å². The first-order valence-corrected chi connectivity index (χ1v) is 10.6. The first-order chi connectivity index (χ1) is 16.5. The predicted molar refractivity (Wildman–Crippen MR) is 114 cm³/mol. The molecule has 12 heteroatoms. The minimum absolute atomic E-state index is 0.278. The SMILES string of the molecule is O=C(Nc1cccc(CN2CCOCC2)c1)c1cnn(-c2cccc(C(F)(F)F)c2)c1C(F)(F)F. The largest absolute Gasteiger partial charge is 0.434 e. The Hall–Kier alpha value is -3.38. The van der Waals surface area contributed by atoms with E-state index in [0.717, 1.165) is 36.9 Å². The molecule has 0 radical (unpaired) electrons. The van der Waals surface area contributed by atoms with E-state index in [4.69, 9.17) is 4.74 Å². The van der Waals surface area contributed by atoms with E-state index < -0.39 is 40.8 Å². The lowest BCUT2D eigenvalue weighted by molar-refractivity contribution is -0.143. The fourth-order valence-electron chi connectivity index (χ4n) is 3.76. The molecule has 1 aliphatic rings. The van der Waals surface area contributed by atoms with Crippen LogP contribution in [0.3, 0.4) is 0 Å². The van der Waals surface area contributed by atoms with Gasteiger partial charge in [0.25, 0.3) is 5.91 Å². The second-order valence-corrected chi connectivity index (χ2v) is 7.91. The van der Waals surface area contributed by atoms with E-state index in [-0.39, 0.29) is 5.69 Å². The molecule has 0 atom stereocenters. The molecule has 6 nitrogen and oxygen atoms in total. The van der Waals surface area contributed by atoms with Gasteiger partial charge < -0.3 is 10.1 Å². The first-order valence-electron chi connectivity index (χ1n) is 10.6. The van der Waals surface area contributed by atoms with Crippen molar-refractivity contribution >= 4 is 11.6 Å². The molecule has 0 saturated carbocycles. The van der Waals surface area contributed by atoms with Crippen LogP contribution in [0.5, 0.6) is 0 Å². The van der Waals surface area contributed by atoms with Crippen LogP contribution < -0.4 is 5.32 Å². The van der Waals surface area contributed by atoms with Crippen LogP contribution in [-0.2, 0) is 23.6 Å². The van der Waals surface area contributed by atoms with E-state index >= 15 is 0 Å². The summed E-state index contributed by atoms with van der Waals surface area (Å²) in [5.74, 6) is -1.08. The van der Waals surface area contributed by atoms with E-state index in [9.17, 15) is 31.1 Å². The van der Waals surface area contributed by atoms with E-state index in [1.165, 1.54) is 6.07 Å². The maximum absolute atomic E-state index is 13.9. The van der Waals surface area contributed by atoms with Crippen molar-refractivity contribution in [2.75, 3.05) is 31.6 Å². The summed E-state index contributed by atoms with van der Waals surface area (Å²) < 4.78 is 86.5. The van der Waals surface area contributed by atoms with Gasteiger partial charge in [-0.1, -0.05) is 18.2 Å². The number of morpholine rings is 1. The smallest absolute Gasteiger partial charge is 0.379 e. The monoisotopic (exact) mass is 498 g/mol. The molecule has 1 saturated heterocycles. The molecule has 35 heavy (non-hydrogen) atoms. The number of hydrogen-bond donors (Lipinski definition) is 1. The molecule has 1 fully saturated rings. The van der Waals surface area contributed by atoms with Crippen LogP contribution in [0.4, 0.5) is 32.0 Å². The molecule has 3 aromatic rings. The Balaban J connectivity index is 1.60. The van der Waals surface area contributed by atoms with E-state index in [1.54, 1.807) is 12.1 Å². The van der Waals surface area contributed by atoms with Crippen LogP contribution in [0.25, 0.3) is 5.69 Å². The van der Waals surface area contributed by atoms with Gasteiger partial charge in [0.1, 0.15) is 0 Å². The summed E-state index contributed by atoms with van der Waals surface area (Å²) in [6.07, 6.45) is -9.13. The number of rotatable bonds is 5. The van der Waals surface area contributed by atoms with Crippen LogP contribution in [-0.4, -0.2) is 46.9 Å². The minimum Gasteiger partial charge on any atom is -0.379 e. The highest BCUT2D eigenvalue weighted by Crippen LogP contribution is 2.36. The summed E-state index contributed by atoms with van der Waals surface area (Å²) in [5.41, 5.74) is -2.77. The number of nitrogens with one attached hydrogen (secondary N) is 1. The number of carbonyl (C=O) groups excluding carboxylic acids is 1. The lowest BCUT2D eigenvalue weighted by atomic mass is 10.1. The van der Waals surface area contributed by atoms with Gasteiger partial charge in [0.15, 0.2) is 5.69 Å². The molecule has 4 rings (SSSR count). The number of ether oxygens (including phenoxy) is 1. The van der Waals surface area contributed by atoms with E-state index in [2.05, 4.69) is 15.3 Å². The Bertz CT molecular complexity index is 1200.